The van der Waals surface area contributed by atoms with Gasteiger partial charge in [-0.05, 0) is 25.2 Å². The van der Waals surface area contributed by atoms with Gasteiger partial charge in [-0.1, -0.05) is 6.42 Å². The van der Waals surface area contributed by atoms with Gasteiger partial charge in [0.2, 0.25) is 0 Å². The maximum Gasteiger partial charge on any atom is 0.0948 e. The summed E-state index contributed by atoms with van der Waals surface area (Å²) >= 11 is 0. The van der Waals surface area contributed by atoms with Crippen molar-refractivity contribution in [1.82, 2.24) is 9.55 Å². The lowest BCUT2D eigenvalue weighted by molar-refractivity contribution is 0.179. The number of hydrogen-bond acceptors (Lipinski definition) is 3. The van der Waals surface area contributed by atoms with Crippen LogP contribution >= 0.6 is 0 Å². The zero-order valence-corrected chi connectivity index (χ0v) is 10.2. The van der Waals surface area contributed by atoms with E-state index in [0.717, 1.165) is 32.1 Å². The number of nitrogens with zero attached hydrogens (tertiary/aromatic N) is 2. The maximum atomic E-state index is 6.34. The van der Waals surface area contributed by atoms with Crippen LogP contribution in [-0.2, 0) is 11.3 Å². The Kier molecular flexibility index (Phi) is 3.16. The molecular weight excluding hydrogens is 214 g/mol. The molecule has 2 aliphatic rings. The van der Waals surface area contributed by atoms with Crippen LogP contribution in [0.1, 0.15) is 37.4 Å². The average molecular weight is 235 g/mol. The highest BCUT2D eigenvalue weighted by atomic mass is 16.5. The van der Waals surface area contributed by atoms with Crippen LogP contribution in [0.3, 0.4) is 0 Å². The van der Waals surface area contributed by atoms with Crippen LogP contribution in [0.25, 0.3) is 0 Å². The third-order valence-electron chi connectivity index (χ3n) is 4.24. The summed E-state index contributed by atoms with van der Waals surface area (Å²) in [5, 5.41) is 0. The lowest BCUT2D eigenvalue weighted by Gasteiger charge is -2.28. The number of imidazole rings is 1. The van der Waals surface area contributed by atoms with Crippen LogP contribution in [0, 0.1) is 11.8 Å². The molecule has 2 heterocycles. The molecule has 2 fully saturated rings. The Hall–Kier alpha value is -0.870. The van der Waals surface area contributed by atoms with Crippen molar-refractivity contribution in [3.05, 3.63) is 18.2 Å². The van der Waals surface area contributed by atoms with E-state index in [1.54, 1.807) is 0 Å². The fraction of sp³-hybridized carbons (Fsp3) is 0.769. The van der Waals surface area contributed by atoms with Crippen molar-refractivity contribution in [1.29, 1.82) is 0 Å². The average Bonchev–Trinajstić information content (AvgIpc) is 2.93. The largest absolute Gasteiger partial charge is 0.381 e. The smallest absolute Gasteiger partial charge is 0.0948 e. The highest BCUT2D eigenvalue weighted by Gasteiger charge is 2.27. The Balaban J connectivity index is 1.70. The van der Waals surface area contributed by atoms with Crippen molar-refractivity contribution in [2.24, 2.45) is 17.6 Å². The Morgan fingerprint density at radius 3 is 3.00 bits per heavy atom. The summed E-state index contributed by atoms with van der Waals surface area (Å²) in [5.74, 6) is 1.31. The van der Waals surface area contributed by atoms with E-state index in [1.807, 2.05) is 12.5 Å². The highest BCUT2D eigenvalue weighted by molar-refractivity contribution is 5.07. The maximum absolute atomic E-state index is 6.34. The zero-order chi connectivity index (χ0) is 11.7. The monoisotopic (exact) mass is 235 g/mol. The molecule has 3 rings (SSSR count). The van der Waals surface area contributed by atoms with Gasteiger partial charge in [0, 0.05) is 25.3 Å². The van der Waals surface area contributed by atoms with Crippen molar-refractivity contribution in [2.75, 3.05) is 13.2 Å². The van der Waals surface area contributed by atoms with E-state index < -0.39 is 0 Å². The number of nitrogens with two attached hydrogens (primary N) is 1. The van der Waals surface area contributed by atoms with E-state index in [-0.39, 0.29) is 6.04 Å². The van der Waals surface area contributed by atoms with Crippen LogP contribution in [0.2, 0.25) is 0 Å². The van der Waals surface area contributed by atoms with E-state index in [2.05, 4.69) is 9.55 Å². The van der Waals surface area contributed by atoms with Gasteiger partial charge in [-0.3, -0.25) is 0 Å². The van der Waals surface area contributed by atoms with E-state index in [4.69, 9.17) is 10.5 Å². The van der Waals surface area contributed by atoms with E-state index in [0.29, 0.717) is 5.92 Å². The normalized spacial score (nSPS) is 27.0. The Bertz CT molecular complexity index is 366. The summed E-state index contributed by atoms with van der Waals surface area (Å²) in [6.45, 7) is 2.75. The van der Waals surface area contributed by atoms with Gasteiger partial charge in [0.05, 0.1) is 24.7 Å². The van der Waals surface area contributed by atoms with Crippen LogP contribution < -0.4 is 5.73 Å². The minimum atomic E-state index is 0.0834. The number of hydrogen-bond donors (Lipinski definition) is 1. The summed E-state index contributed by atoms with van der Waals surface area (Å²) in [7, 11) is 0. The Morgan fingerprint density at radius 2 is 2.35 bits per heavy atom. The van der Waals surface area contributed by atoms with Crippen molar-refractivity contribution in [2.45, 2.75) is 38.3 Å². The molecule has 1 saturated carbocycles. The molecule has 2 atom stereocenters. The molecule has 0 spiro atoms. The molecule has 1 aromatic rings. The van der Waals surface area contributed by atoms with Crippen molar-refractivity contribution >= 4 is 0 Å². The molecule has 1 aromatic heterocycles. The van der Waals surface area contributed by atoms with E-state index >= 15 is 0 Å². The second-order valence-corrected chi connectivity index (χ2v) is 5.42. The van der Waals surface area contributed by atoms with Crippen molar-refractivity contribution < 1.29 is 4.74 Å². The predicted octanol–water partition coefficient (Wildman–Crippen LogP) is 1.72. The molecule has 0 bridgehead atoms. The summed E-state index contributed by atoms with van der Waals surface area (Å²) in [5.41, 5.74) is 7.53. The second-order valence-electron chi connectivity index (χ2n) is 5.42. The van der Waals surface area contributed by atoms with E-state index in [9.17, 15) is 0 Å². The van der Waals surface area contributed by atoms with Gasteiger partial charge in [0.25, 0.3) is 0 Å². The Labute approximate surface area is 102 Å². The van der Waals surface area contributed by atoms with Gasteiger partial charge in [0.15, 0.2) is 0 Å². The fourth-order valence-electron chi connectivity index (χ4n) is 2.79. The van der Waals surface area contributed by atoms with E-state index in [1.165, 1.54) is 25.0 Å². The first-order valence-corrected chi connectivity index (χ1v) is 6.68. The number of rotatable bonds is 4. The fourth-order valence-corrected chi connectivity index (χ4v) is 2.79. The topological polar surface area (TPSA) is 53.1 Å². The van der Waals surface area contributed by atoms with Crippen molar-refractivity contribution in [3.8, 4) is 0 Å². The molecule has 0 radical (unpaired) electrons. The minimum absolute atomic E-state index is 0.0834. The third kappa shape index (κ3) is 2.24. The lowest BCUT2D eigenvalue weighted by atomic mass is 9.85. The molecule has 17 heavy (non-hydrogen) atoms. The molecule has 1 saturated heterocycles. The number of ether oxygens (including phenoxy) is 1. The Morgan fingerprint density at radius 1 is 1.47 bits per heavy atom. The lowest BCUT2D eigenvalue weighted by Crippen LogP contribution is -2.26. The van der Waals surface area contributed by atoms with Gasteiger partial charge in [-0.15, -0.1) is 0 Å². The second kappa shape index (κ2) is 4.78. The van der Waals surface area contributed by atoms with Crippen LogP contribution in [0.15, 0.2) is 12.5 Å². The molecule has 4 heteroatoms. The van der Waals surface area contributed by atoms with Crippen LogP contribution in [0.5, 0.6) is 0 Å². The first-order valence-electron chi connectivity index (χ1n) is 6.68. The summed E-state index contributed by atoms with van der Waals surface area (Å²) < 4.78 is 7.68. The molecule has 1 aliphatic carbocycles. The quantitative estimate of drug-likeness (QED) is 0.864. The molecule has 94 valence electrons. The zero-order valence-electron chi connectivity index (χ0n) is 10.2. The molecule has 2 unspecified atom stereocenters. The number of aromatic nitrogens is 2. The third-order valence-corrected chi connectivity index (χ3v) is 4.24. The van der Waals surface area contributed by atoms with Gasteiger partial charge in [-0.2, -0.15) is 0 Å². The standard InChI is InChI=1S/C13H21N3O/c14-13(11-4-5-17-8-11)12-6-15-9-16(12)7-10-2-1-3-10/h6,9-11,13H,1-5,7-8,14H2. The van der Waals surface area contributed by atoms with Crippen LogP contribution in [0.4, 0.5) is 0 Å². The SMILES string of the molecule is NC(c1cncn1CC1CCC1)C1CCOC1. The first kappa shape index (κ1) is 11.2. The van der Waals surface area contributed by atoms with Crippen molar-refractivity contribution in [3.63, 3.8) is 0 Å². The van der Waals surface area contributed by atoms with Gasteiger partial charge < -0.3 is 15.0 Å². The molecule has 4 nitrogen and oxygen atoms in total. The van der Waals surface area contributed by atoms with Gasteiger partial charge in [0.1, 0.15) is 0 Å². The summed E-state index contributed by atoms with van der Waals surface area (Å²) in [6, 6.07) is 0.0834. The van der Waals surface area contributed by atoms with Gasteiger partial charge >= 0.3 is 0 Å². The molecule has 0 aromatic carbocycles. The molecule has 2 N–H and O–H groups in total. The first-order chi connectivity index (χ1) is 8.34. The highest BCUT2D eigenvalue weighted by Crippen LogP contribution is 2.31. The van der Waals surface area contributed by atoms with Gasteiger partial charge in [-0.25, -0.2) is 4.98 Å². The minimum Gasteiger partial charge on any atom is -0.381 e. The predicted molar refractivity (Wildman–Crippen MR) is 65.4 cm³/mol. The summed E-state index contributed by atoms with van der Waals surface area (Å²) in [6.07, 6.45) is 9.05. The summed E-state index contributed by atoms with van der Waals surface area (Å²) in [4.78, 5) is 4.27. The molecule has 1 aliphatic heterocycles. The molecular formula is C13H21N3O. The van der Waals surface area contributed by atoms with Crippen LogP contribution in [-0.4, -0.2) is 22.8 Å². The molecule has 0 amide bonds.